The molecular formula is C8H6Cl3NO3S. The van der Waals surface area contributed by atoms with Gasteiger partial charge in [-0.25, -0.2) is 8.42 Å². The lowest BCUT2D eigenvalue weighted by atomic mass is 10.2. The maximum atomic E-state index is 11.0. The van der Waals surface area contributed by atoms with Crippen LogP contribution in [0.5, 0.6) is 0 Å². The normalized spacial score (nSPS) is 11.2. The van der Waals surface area contributed by atoms with Crippen molar-refractivity contribution in [1.82, 2.24) is 0 Å². The molecule has 1 aromatic carbocycles. The van der Waals surface area contributed by atoms with Gasteiger partial charge in [-0.1, -0.05) is 23.2 Å². The summed E-state index contributed by atoms with van der Waals surface area (Å²) in [6.07, 6.45) is 0.970. The van der Waals surface area contributed by atoms with E-state index in [2.05, 4.69) is 4.72 Å². The predicted molar refractivity (Wildman–Crippen MR) is 65.1 cm³/mol. The Morgan fingerprint density at radius 3 is 2.25 bits per heavy atom. The third kappa shape index (κ3) is 3.25. The van der Waals surface area contributed by atoms with Crippen molar-refractivity contribution in [2.75, 3.05) is 11.0 Å². The van der Waals surface area contributed by atoms with Crippen LogP contribution in [0.25, 0.3) is 0 Å². The van der Waals surface area contributed by atoms with Crippen LogP contribution in [0, 0.1) is 0 Å². The summed E-state index contributed by atoms with van der Waals surface area (Å²) in [5.41, 5.74) is 0.114. The molecule has 0 spiro atoms. The zero-order valence-corrected chi connectivity index (χ0v) is 11.0. The quantitative estimate of drug-likeness (QED) is 0.873. The third-order valence-corrected chi connectivity index (χ3v) is 3.27. The van der Waals surface area contributed by atoms with E-state index in [1.807, 2.05) is 0 Å². The van der Waals surface area contributed by atoms with Crippen molar-refractivity contribution in [3.8, 4) is 0 Å². The lowest BCUT2D eigenvalue weighted by Crippen LogP contribution is -2.10. The van der Waals surface area contributed by atoms with Crippen LogP contribution in [0.1, 0.15) is 10.4 Å². The van der Waals surface area contributed by atoms with Crippen LogP contribution < -0.4 is 4.72 Å². The minimum absolute atomic E-state index is 0.0207. The van der Waals surface area contributed by atoms with Crippen LogP contribution in [0.15, 0.2) is 12.1 Å². The average Bonchev–Trinajstić information content (AvgIpc) is 2.10. The lowest BCUT2D eigenvalue weighted by molar-refractivity contribution is 0.108. The Hall–Kier alpha value is -0.490. The van der Waals surface area contributed by atoms with E-state index in [0.29, 0.717) is 0 Å². The van der Waals surface area contributed by atoms with E-state index in [0.717, 1.165) is 6.26 Å². The molecule has 88 valence electrons. The fraction of sp³-hybridized carbons (Fsp3) is 0.125. The van der Waals surface area contributed by atoms with Gasteiger partial charge >= 0.3 is 0 Å². The summed E-state index contributed by atoms with van der Waals surface area (Å²) in [5.74, 6) is 0. The molecule has 0 aliphatic carbocycles. The molecular weight excluding hydrogens is 297 g/mol. The van der Waals surface area contributed by atoms with Gasteiger partial charge in [-0.2, -0.15) is 0 Å². The molecule has 0 heterocycles. The molecule has 1 rings (SSSR count). The first-order valence-corrected chi connectivity index (χ1v) is 6.90. The number of sulfonamides is 1. The van der Waals surface area contributed by atoms with Gasteiger partial charge in [0.05, 0.1) is 27.6 Å². The number of hydrogen-bond donors (Lipinski definition) is 1. The van der Waals surface area contributed by atoms with Crippen LogP contribution in [0.2, 0.25) is 10.0 Å². The molecule has 0 saturated heterocycles. The SMILES string of the molecule is CS(=O)(=O)Nc1ccc(C(=O)Cl)c(Cl)c1Cl. The van der Waals surface area contributed by atoms with Crippen molar-refractivity contribution in [1.29, 1.82) is 0 Å². The van der Waals surface area contributed by atoms with E-state index in [9.17, 15) is 13.2 Å². The first kappa shape index (κ1) is 13.6. The molecule has 8 heteroatoms. The van der Waals surface area contributed by atoms with Gasteiger partial charge in [-0.3, -0.25) is 9.52 Å². The van der Waals surface area contributed by atoms with E-state index in [4.69, 9.17) is 34.8 Å². The van der Waals surface area contributed by atoms with Gasteiger partial charge in [0.2, 0.25) is 10.0 Å². The Bertz CT molecular complexity index is 542. The van der Waals surface area contributed by atoms with E-state index in [-0.39, 0.29) is 21.3 Å². The molecule has 0 amide bonds. The van der Waals surface area contributed by atoms with Gasteiger partial charge in [0, 0.05) is 0 Å². The van der Waals surface area contributed by atoms with E-state index in [1.165, 1.54) is 12.1 Å². The number of hydrogen-bond acceptors (Lipinski definition) is 3. The Kier molecular flexibility index (Phi) is 4.07. The van der Waals surface area contributed by atoms with Gasteiger partial charge in [-0.15, -0.1) is 0 Å². The predicted octanol–water partition coefficient (Wildman–Crippen LogP) is 2.74. The number of carbonyl (C=O) groups is 1. The molecule has 0 radical (unpaired) electrons. The van der Waals surface area contributed by atoms with Crippen molar-refractivity contribution in [2.45, 2.75) is 0 Å². The molecule has 0 saturated carbocycles. The molecule has 1 N–H and O–H groups in total. The van der Waals surface area contributed by atoms with E-state index < -0.39 is 15.3 Å². The minimum Gasteiger partial charge on any atom is -0.282 e. The van der Waals surface area contributed by atoms with E-state index >= 15 is 0 Å². The molecule has 16 heavy (non-hydrogen) atoms. The lowest BCUT2D eigenvalue weighted by Gasteiger charge is -2.09. The second-order valence-corrected chi connectivity index (χ2v) is 5.78. The minimum atomic E-state index is -3.46. The first-order valence-electron chi connectivity index (χ1n) is 3.88. The van der Waals surface area contributed by atoms with Crippen LogP contribution >= 0.6 is 34.8 Å². The summed E-state index contributed by atoms with van der Waals surface area (Å²) >= 11 is 16.8. The number of benzene rings is 1. The molecule has 0 aliphatic heterocycles. The van der Waals surface area contributed by atoms with Crippen molar-refractivity contribution in [3.63, 3.8) is 0 Å². The van der Waals surface area contributed by atoms with Crippen LogP contribution in [-0.4, -0.2) is 19.9 Å². The summed E-state index contributed by atoms with van der Waals surface area (Å²) in [4.78, 5) is 10.9. The summed E-state index contributed by atoms with van der Waals surface area (Å²) in [7, 11) is -3.46. The largest absolute Gasteiger partial charge is 0.282 e. The van der Waals surface area contributed by atoms with Gasteiger partial charge in [0.25, 0.3) is 5.24 Å². The zero-order chi connectivity index (χ0) is 12.5. The highest BCUT2D eigenvalue weighted by molar-refractivity contribution is 7.92. The van der Waals surface area contributed by atoms with Gasteiger partial charge in [0.1, 0.15) is 0 Å². The van der Waals surface area contributed by atoms with Crippen LogP contribution in [0.4, 0.5) is 5.69 Å². The molecule has 0 aliphatic rings. The maximum absolute atomic E-state index is 11.0. The molecule has 0 aromatic heterocycles. The Morgan fingerprint density at radius 2 is 1.81 bits per heavy atom. The Balaban J connectivity index is 3.28. The first-order chi connectivity index (χ1) is 7.22. The highest BCUT2D eigenvalue weighted by Crippen LogP contribution is 2.34. The summed E-state index contributed by atoms with van der Waals surface area (Å²) in [5, 5.41) is -0.924. The van der Waals surface area contributed by atoms with Crippen LogP contribution in [0.3, 0.4) is 0 Å². The Morgan fingerprint density at radius 1 is 1.25 bits per heavy atom. The molecule has 0 atom stereocenters. The smallest absolute Gasteiger partial charge is 0.253 e. The fourth-order valence-electron chi connectivity index (χ4n) is 0.980. The summed E-state index contributed by atoms with van der Waals surface area (Å²) < 4.78 is 24.1. The second-order valence-electron chi connectivity index (χ2n) is 2.94. The zero-order valence-electron chi connectivity index (χ0n) is 7.92. The highest BCUT2D eigenvalue weighted by atomic mass is 35.5. The molecule has 0 unspecified atom stereocenters. The Labute approximate surface area is 108 Å². The number of rotatable bonds is 3. The topological polar surface area (TPSA) is 63.2 Å². The number of carbonyl (C=O) groups excluding carboxylic acids is 1. The summed E-state index contributed by atoms with van der Waals surface area (Å²) in [6.45, 7) is 0. The van der Waals surface area contributed by atoms with Crippen molar-refractivity contribution < 1.29 is 13.2 Å². The molecule has 0 bridgehead atoms. The average molecular weight is 303 g/mol. The number of anilines is 1. The van der Waals surface area contributed by atoms with Gasteiger partial charge in [0.15, 0.2) is 0 Å². The van der Waals surface area contributed by atoms with Crippen LogP contribution in [-0.2, 0) is 10.0 Å². The van der Waals surface area contributed by atoms with Crippen molar-refractivity contribution in [3.05, 3.63) is 27.7 Å². The highest BCUT2D eigenvalue weighted by Gasteiger charge is 2.15. The molecule has 0 fully saturated rings. The standard InChI is InChI=1S/C8H6Cl3NO3S/c1-16(14,15)12-5-3-2-4(8(11)13)6(9)7(5)10/h2-3,12H,1H3. The van der Waals surface area contributed by atoms with Gasteiger partial charge < -0.3 is 0 Å². The number of nitrogens with one attached hydrogen (secondary N) is 1. The molecule has 4 nitrogen and oxygen atoms in total. The summed E-state index contributed by atoms with van der Waals surface area (Å²) in [6, 6.07) is 2.60. The van der Waals surface area contributed by atoms with E-state index in [1.54, 1.807) is 0 Å². The van der Waals surface area contributed by atoms with Crippen molar-refractivity contribution in [2.24, 2.45) is 0 Å². The second kappa shape index (κ2) is 4.79. The number of halogens is 3. The monoisotopic (exact) mass is 301 g/mol. The third-order valence-electron chi connectivity index (χ3n) is 1.59. The molecule has 1 aromatic rings. The fourth-order valence-corrected chi connectivity index (χ4v) is 2.27. The maximum Gasteiger partial charge on any atom is 0.253 e. The van der Waals surface area contributed by atoms with Gasteiger partial charge in [-0.05, 0) is 23.7 Å². The van der Waals surface area contributed by atoms with Crippen molar-refractivity contribution >= 4 is 55.8 Å².